The standard InChI is InChI=1S/C23H26N4O4/c28-18-9-11-26(15-18)14-17-6-2-1-5-16(17)13-24-21(29)10-12-27-20-8-4-3-7-19(20)22(30)25-23(27)31/h1-8,18,28H,9-15H2,(H,24,29)(H,25,30,31). The lowest BCUT2D eigenvalue weighted by atomic mass is 10.1. The van der Waals surface area contributed by atoms with Gasteiger partial charge in [0.05, 0.1) is 17.0 Å². The summed E-state index contributed by atoms with van der Waals surface area (Å²) in [5.74, 6) is -0.173. The summed E-state index contributed by atoms with van der Waals surface area (Å²) in [6.45, 7) is 2.84. The highest BCUT2D eigenvalue weighted by Crippen LogP contribution is 2.16. The molecule has 2 heterocycles. The molecule has 162 valence electrons. The number of carbonyl (C=O) groups is 1. The molecule has 3 N–H and O–H groups in total. The van der Waals surface area contributed by atoms with Gasteiger partial charge in [-0.3, -0.25) is 24.0 Å². The Morgan fingerprint density at radius 2 is 1.84 bits per heavy atom. The van der Waals surface area contributed by atoms with Gasteiger partial charge in [0, 0.05) is 39.1 Å². The summed E-state index contributed by atoms with van der Waals surface area (Å²) < 4.78 is 1.42. The summed E-state index contributed by atoms with van der Waals surface area (Å²) in [7, 11) is 0. The Hall–Kier alpha value is -3.23. The predicted octanol–water partition coefficient (Wildman–Crippen LogP) is 0.963. The number of amides is 1. The van der Waals surface area contributed by atoms with Crippen LogP contribution in [-0.4, -0.2) is 44.7 Å². The van der Waals surface area contributed by atoms with Gasteiger partial charge in [-0.1, -0.05) is 36.4 Å². The van der Waals surface area contributed by atoms with E-state index in [1.807, 2.05) is 24.3 Å². The molecule has 2 aromatic carbocycles. The normalized spacial score (nSPS) is 16.6. The van der Waals surface area contributed by atoms with Gasteiger partial charge in [0.2, 0.25) is 5.91 Å². The molecule has 1 atom stereocenters. The van der Waals surface area contributed by atoms with E-state index in [1.54, 1.807) is 24.3 Å². The number of hydrogen-bond acceptors (Lipinski definition) is 5. The zero-order valence-corrected chi connectivity index (χ0v) is 17.2. The number of para-hydroxylation sites is 1. The molecule has 1 amide bonds. The summed E-state index contributed by atoms with van der Waals surface area (Å²) in [5, 5.41) is 13.1. The number of fused-ring (bicyclic) bond motifs is 1. The second-order valence-corrected chi connectivity index (χ2v) is 7.90. The van der Waals surface area contributed by atoms with Crippen LogP contribution in [0.2, 0.25) is 0 Å². The van der Waals surface area contributed by atoms with E-state index in [0.29, 0.717) is 24.0 Å². The first kappa shape index (κ1) is 21.0. The van der Waals surface area contributed by atoms with Crippen LogP contribution >= 0.6 is 0 Å². The SMILES string of the molecule is O=C(CCn1c(=O)[nH]c(=O)c2ccccc21)NCc1ccccc1CN1CCC(O)C1. The third kappa shape index (κ3) is 4.92. The third-order valence-electron chi connectivity index (χ3n) is 5.70. The fraction of sp³-hybridized carbons (Fsp3) is 0.348. The van der Waals surface area contributed by atoms with Gasteiger partial charge in [0.25, 0.3) is 5.56 Å². The fourth-order valence-corrected chi connectivity index (χ4v) is 4.04. The first-order valence-electron chi connectivity index (χ1n) is 10.5. The van der Waals surface area contributed by atoms with Gasteiger partial charge in [-0.15, -0.1) is 0 Å². The number of β-amino-alcohol motifs (C(OH)–C–C–N with tert-alkyl or cyclic N) is 1. The minimum atomic E-state index is -0.519. The number of nitrogens with one attached hydrogen (secondary N) is 2. The van der Waals surface area contributed by atoms with E-state index in [9.17, 15) is 19.5 Å². The number of aliphatic hydroxyl groups is 1. The van der Waals surface area contributed by atoms with Crippen molar-refractivity contribution in [1.29, 1.82) is 0 Å². The second-order valence-electron chi connectivity index (χ2n) is 7.90. The van der Waals surface area contributed by atoms with Gasteiger partial charge in [-0.25, -0.2) is 4.79 Å². The maximum atomic E-state index is 12.5. The molecule has 1 aromatic heterocycles. The van der Waals surface area contributed by atoms with Gasteiger partial charge in [0.1, 0.15) is 0 Å². The number of aliphatic hydroxyl groups excluding tert-OH is 1. The van der Waals surface area contributed by atoms with Crippen LogP contribution < -0.4 is 16.6 Å². The molecule has 1 fully saturated rings. The number of rotatable bonds is 7. The third-order valence-corrected chi connectivity index (χ3v) is 5.70. The number of H-pyrrole nitrogens is 1. The lowest BCUT2D eigenvalue weighted by Crippen LogP contribution is -2.32. The molecule has 0 radical (unpaired) electrons. The van der Waals surface area contributed by atoms with Crippen LogP contribution in [0.5, 0.6) is 0 Å². The Morgan fingerprint density at radius 1 is 1.10 bits per heavy atom. The van der Waals surface area contributed by atoms with E-state index in [1.165, 1.54) is 4.57 Å². The van der Waals surface area contributed by atoms with Crippen molar-refractivity contribution in [2.75, 3.05) is 13.1 Å². The zero-order valence-electron chi connectivity index (χ0n) is 17.2. The van der Waals surface area contributed by atoms with Crippen LogP contribution in [0.4, 0.5) is 0 Å². The molecule has 8 heteroatoms. The van der Waals surface area contributed by atoms with Crippen molar-refractivity contribution in [3.05, 3.63) is 80.5 Å². The van der Waals surface area contributed by atoms with Crippen molar-refractivity contribution < 1.29 is 9.90 Å². The number of carbonyl (C=O) groups excluding carboxylic acids is 1. The number of benzene rings is 2. The lowest BCUT2D eigenvalue weighted by molar-refractivity contribution is -0.121. The molecule has 8 nitrogen and oxygen atoms in total. The van der Waals surface area contributed by atoms with Gasteiger partial charge < -0.3 is 10.4 Å². The van der Waals surface area contributed by atoms with Crippen LogP contribution in [0.25, 0.3) is 10.9 Å². The van der Waals surface area contributed by atoms with E-state index in [-0.39, 0.29) is 25.0 Å². The summed E-state index contributed by atoms with van der Waals surface area (Å²) in [5.41, 5.74) is 1.73. The van der Waals surface area contributed by atoms with E-state index in [0.717, 1.165) is 30.6 Å². The molecule has 0 aliphatic carbocycles. The van der Waals surface area contributed by atoms with Crippen LogP contribution in [0.1, 0.15) is 24.0 Å². The van der Waals surface area contributed by atoms with Crippen LogP contribution in [0.3, 0.4) is 0 Å². The Kier molecular flexibility index (Phi) is 6.29. The molecule has 1 unspecified atom stereocenters. The van der Waals surface area contributed by atoms with Gasteiger partial charge in [-0.05, 0) is 29.7 Å². The molecule has 0 saturated carbocycles. The molecule has 3 aromatic rings. The molecule has 31 heavy (non-hydrogen) atoms. The summed E-state index contributed by atoms with van der Waals surface area (Å²) in [4.78, 5) is 41.2. The smallest absolute Gasteiger partial charge is 0.328 e. The molecule has 0 bridgehead atoms. The summed E-state index contributed by atoms with van der Waals surface area (Å²) in [6, 6.07) is 14.8. The first-order valence-corrected chi connectivity index (χ1v) is 10.5. The molecule has 0 spiro atoms. The highest BCUT2D eigenvalue weighted by molar-refractivity contribution is 5.78. The Labute approximate surface area is 179 Å². The quantitative estimate of drug-likeness (QED) is 0.526. The number of hydrogen-bond donors (Lipinski definition) is 3. The molecule has 1 aliphatic rings. The van der Waals surface area contributed by atoms with E-state index in [2.05, 4.69) is 15.2 Å². The molecule has 1 saturated heterocycles. The van der Waals surface area contributed by atoms with E-state index >= 15 is 0 Å². The Morgan fingerprint density at radius 3 is 2.61 bits per heavy atom. The first-order chi connectivity index (χ1) is 15.0. The fourth-order valence-electron chi connectivity index (χ4n) is 4.04. The van der Waals surface area contributed by atoms with Crippen molar-refractivity contribution in [3.63, 3.8) is 0 Å². The number of likely N-dealkylation sites (tertiary alicyclic amines) is 1. The summed E-state index contributed by atoms with van der Waals surface area (Å²) >= 11 is 0. The number of nitrogens with zero attached hydrogens (tertiary/aromatic N) is 2. The van der Waals surface area contributed by atoms with Crippen molar-refractivity contribution in [2.24, 2.45) is 0 Å². The number of aromatic amines is 1. The van der Waals surface area contributed by atoms with E-state index in [4.69, 9.17) is 0 Å². The molecular formula is C23H26N4O4. The van der Waals surface area contributed by atoms with Gasteiger partial charge >= 0.3 is 5.69 Å². The minimum absolute atomic E-state index is 0.121. The topological polar surface area (TPSA) is 107 Å². The zero-order chi connectivity index (χ0) is 21.8. The highest BCUT2D eigenvalue weighted by atomic mass is 16.3. The van der Waals surface area contributed by atoms with Crippen molar-refractivity contribution >= 4 is 16.8 Å². The Balaban J connectivity index is 1.38. The van der Waals surface area contributed by atoms with Crippen molar-refractivity contribution in [2.45, 2.75) is 38.6 Å². The highest BCUT2D eigenvalue weighted by Gasteiger charge is 2.20. The maximum Gasteiger partial charge on any atom is 0.328 e. The summed E-state index contributed by atoms with van der Waals surface area (Å²) in [6.07, 6.45) is 0.646. The van der Waals surface area contributed by atoms with Crippen LogP contribution in [-0.2, 0) is 24.4 Å². The van der Waals surface area contributed by atoms with Crippen molar-refractivity contribution in [3.8, 4) is 0 Å². The van der Waals surface area contributed by atoms with Crippen LogP contribution in [0, 0.1) is 0 Å². The second kappa shape index (κ2) is 9.28. The Bertz CT molecular complexity index is 1200. The average molecular weight is 422 g/mol. The number of aryl methyl sites for hydroxylation is 1. The maximum absolute atomic E-state index is 12.5. The van der Waals surface area contributed by atoms with E-state index < -0.39 is 11.2 Å². The lowest BCUT2D eigenvalue weighted by Gasteiger charge is -2.18. The number of aromatic nitrogens is 2. The minimum Gasteiger partial charge on any atom is -0.392 e. The predicted molar refractivity (Wildman–Crippen MR) is 118 cm³/mol. The van der Waals surface area contributed by atoms with Gasteiger partial charge in [0.15, 0.2) is 0 Å². The van der Waals surface area contributed by atoms with Gasteiger partial charge in [-0.2, -0.15) is 0 Å². The monoisotopic (exact) mass is 422 g/mol. The van der Waals surface area contributed by atoms with Crippen LogP contribution in [0.15, 0.2) is 58.1 Å². The largest absolute Gasteiger partial charge is 0.392 e. The van der Waals surface area contributed by atoms with Crippen molar-refractivity contribution in [1.82, 2.24) is 19.8 Å². The molecule has 1 aliphatic heterocycles. The molecular weight excluding hydrogens is 396 g/mol. The average Bonchev–Trinajstić information content (AvgIpc) is 3.17. The molecule has 4 rings (SSSR count).